The second kappa shape index (κ2) is 6.95. The van der Waals surface area contributed by atoms with Gasteiger partial charge in [0.1, 0.15) is 0 Å². The van der Waals surface area contributed by atoms with Gasteiger partial charge in [-0.1, -0.05) is 42.5 Å². The van der Waals surface area contributed by atoms with Gasteiger partial charge >= 0.3 is 0 Å². The van der Waals surface area contributed by atoms with Crippen LogP contribution in [-0.4, -0.2) is 13.6 Å². The first kappa shape index (κ1) is 13.6. The minimum atomic E-state index is 0.603. The van der Waals surface area contributed by atoms with Gasteiger partial charge in [-0.05, 0) is 36.1 Å². The Hall–Kier alpha value is -1.80. The van der Waals surface area contributed by atoms with Crippen LogP contribution in [0.2, 0.25) is 0 Å². The van der Waals surface area contributed by atoms with E-state index in [9.17, 15) is 0 Å². The largest absolute Gasteiger partial charge is 0.375 e. The summed E-state index contributed by atoms with van der Waals surface area (Å²) in [4.78, 5) is 2.29. The summed E-state index contributed by atoms with van der Waals surface area (Å²) in [5.74, 6) is 0. The highest BCUT2D eigenvalue weighted by molar-refractivity contribution is 5.47. The molecule has 0 aliphatic carbocycles. The molecule has 19 heavy (non-hydrogen) atoms. The molecule has 0 amide bonds. The first-order valence-electron chi connectivity index (χ1n) is 6.83. The van der Waals surface area contributed by atoms with Crippen LogP contribution in [0.25, 0.3) is 0 Å². The third-order valence-electron chi connectivity index (χ3n) is 3.39. The molecule has 2 N–H and O–H groups in total. The summed E-state index contributed by atoms with van der Waals surface area (Å²) in [6, 6.07) is 19.1. The van der Waals surface area contributed by atoms with Crippen molar-refractivity contribution in [1.29, 1.82) is 0 Å². The third kappa shape index (κ3) is 4.11. The molecule has 0 aliphatic rings. The van der Waals surface area contributed by atoms with Gasteiger partial charge in [0.05, 0.1) is 0 Å². The van der Waals surface area contributed by atoms with Gasteiger partial charge in [-0.2, -0.15) is 0 Å². The number of nitrogens with two attached hydrogens (primary N) is 1. The SMILES string of the molecule is CN(CCCc1ccccc1)c1cccc(CN)c1. The van der Waals surface area contributed by atoms with E-state index < -0.39 is 0 Å². The van der Waals surface area contributed by atoms with Gasteiger partial charge in [0, 0.05) is 25.8 Å². The molecule has 0 atom stereocenters. The lowest BCUT2D eigenvalue weighted by molar-refractivity contribution is 0.785. The predicted octanol–water partition coefficient (Wildman–Crippen LogP) is 3.21. The minimum Gasteiger partial charge on any atom is -0.375 e. The van der Waals surface area contributed by atoms with E-state index in [0.29, 0.717) is 6.54 Å². The second-order valence-electron chi connectivity index (χ2n) is 4.88. The van der Waals surface area contributed by atoms with Gasteiger partial charge in [-0.15, -0.1) is 0 Å². The number of hydrogen-bond acceptors (Lipinski definition) is 2. The van der Waals surface area contributed by atoms with Crippen molar-refractivity contribution in [3.63, 3.8) is 0 Å². The maximum Gasteiger partial charge on any atom is 0.0366 e. The zero-order valence-corrected chi connectivity index (χ0v) is 11.5. The first-order chi connectivity index (χ1) is 9.29. The summed E-state index contributed by atoms with van der Waals surface area (Å²) < 4.78 is 0. The van der Waals surface area contributed by atoms with Crippen molar-refractivity contribution in [2.45, 2.75) is 19.4 Å². The minimum absolute atomic E-state index is 0.603. The molecule has 0 fully saturated rings. The van der Waals surface area contributed by atoms with Crippen LogP contribution in [0.3, 0.4) is 0 Å². The quantitative estimate of drug-likeness (QED) is 0.857. The Bertz CT molecular complexity index is 494. The van der Waals surface area contributed by atoms with Crippen LogP contribution < -0.4 is 10.6 Å². The number of anilines is 1. The van der Waals surface area contributed by atoms with Crippen LogP contribution in [-0.2, 0) is 13.0 Å². The van der Waals surface area contributed by atoms with Crippen LogP contribution in [0.1, 0.15) is 17.5 Å². The molecule has 0 aliphatic heterocycles. The first-order valence-corrected chi connectivity index (χ1v) is 6.83. The highest BCUT2D eigenvalue weighted by Gasteiger charge is 2.01. The summed E-state index contributed by atoms with van der Waals surface area (Å²) in [5.41, 5.74) is 9.52. The van der Waals surface area contributed by atoms with Crippen molar-refractivity contribution in [2.24, 2.45) is 5.73 Å². The summed E-state index contributed by atoms with van der Waals surface area (Å²) in [6.45, 7) is 1.66. The third-order valence-corrected chi connectivity index (χ3v) is 3.39. The van der Waals surface area contributed by atoms with E-state index in [1.54, 1.807) is 0 Å². The van der Waals surface area contributed by atoms with Crippen molar-refractivity contribution in [3.05, 3.63) is 65.7 Å². The standard InChI is InChI=1S/C17H22N2/c1-19(17-11-5-9-16(13-17)14-18)12-6-10-15-7-3-2-4-8-15/h2-5,7-9,11,13H,6,10,12,14,18H2,1H3. The lowest BCUT2D eigenvalue weighted by Crippen LogP contribution is -2.19. The summed E-state index contributed by atoms with van der Waals surface area (Å²) in [6.07, 6.45) is 2.29. The van der Waals surface area contributed by atoms with Crippen LogP contribution in [0, 0.1) is 0 Å². The molecule has 0 unspecified atom stereocenters. The molecule has 0 bridgehead atoms. The molecule has 0 heterocycles. The lowest BCUT2D eigenvalue weighted by atomic mass is 10.1. The average molecular weight is 254 g/mol. The zero-order valence-electron chi connectivity index (χ0n) is 11.5. The molecule has 2 heteroatoms. The van der Waals surface area contributed by atoms with Gasteiger partial charge in [-0.3, -0.25) is 0 Å². The van der Waals surface area contributed by atoms with Crippen molar-refractivity contribution >= 4 is 5.69 Å². The molecule has 2 aromatic carbocycles. The Balaban J connectivity index is 1.85. The smallest absolute Gasteiger partial charge is 0.0366 e. The van der Waals surface area contributed by atoms with Crippen molar-refractivity contribution in [2.75, 3.05) is 18.5 Å². The molecule has 0 spiro atoms. The van der Waals surface area contributed by atoms with E-state index >= 15 is 0 Å². The molecule has 0 radical (unpaired) electrons. The highest BCUT2D eigenvalue weighted by Crippen LogP contribution is 2.15. The van der Waals surface area contributed by atoms with E-state index in [1.807, 2.05) is 0 Å². The van der Waals surface area contributed by atoms with Gasteiger partial charge < -0.3 is 10.6 Å². The van der Waals surface area contributed by atoms with Crippen molar-refractivity contribution in [3.8, 4) is 0 Å². The Morgan fingerprint density at radius 3 is 2.42 bits per heavy atom. The molecule has 100 valence electrons. The summed E-state index contributed by atoms with van der Waals surface area (Å²) in [7, 11) is 2.14. The van der Waals surface area contributed by atoms with E-state index in [0.717, 1.165) is 19.4 Å². The fourth-order valence-corrected chi connectivity index (χ4v) is 2.22. The molecule has 2 rings (SSSR count). The van der Waals surface area contributed by atoms with Gasteiger partial charge in [0.2, 0.25) is 0 Å². The molecular weight excluding hydrogens is 232 g/mol. The topological polar surface area (TPSA) is 29.3 Å². The molecule has 0 aromatic heterocycles. The molecule has 2 nitrogen and oxygen atoms in total. The normalized spacial score (nSPS) is 10.4. The van der Waals surface area contributed by atoms with Crippen LogP contribution in [0.4, 0.5) is 5.69 Å². The van der Waals surface area contributed by atoms with E-state index in [2.05, 4.69) is 66.5 Å². The van der Waals surface area contributed by atoms with Crippen molar-refractivity contribution < 1.29 is 0 Å². The lowest BCUT2D eigenvalue weighted by Gasteiger charge is -2.20. The molecule has 0 saturated heterocycles. The van der Waals surface area contributed by atoms with E-state index in [4.69, 9.17) is 5.73 Å². The van der Waals surface area contributed by atoms with Crippen LogP contribution in [0.5, 0.6) is 0 Å². The molecule has 0 saturated carbocycles. The summed E-state index contributed by atoms with van der Waals surface area (Å²) in [5, 5.41) is 0. The number of rotatable bonds is 6. The Labute approximate surface area is 115 Å². The number of hydrogen-bond donors (Lipinski definition) is 1. The fraction of sp³-hybridized carbons (Fsp3) is 0.294. The summed E-state index contributed by atoms with van der Waals surface area (Å²) >= 11 is 0. The predicted molar refractivity (Wildman–Crippen MR) is 82.4 cm³/mol. The zero-order chi connectivity index (χ0) is 13.5. The monoisotopic (exact) mass is 254 g/mol. The Morgan fingerprint density at radius 2 is 1.68 bits per heavy atom. The number of benzene rings is 2. The van der Waals surface area contributed by atoms with E-state index in [-0.39, 0.29) is 0 Å². The molecular formula is C17H22N2. The second-order valence-corrected chi connectivity index (χ2v) is 4.88. The average Bonchev–Trinajstić information content (AvgIpc) is 2.48. The maximum absolute atomic E-state index is 5.68. The van der Waals surface area contributed by atoms with Gasteiger partial charge in [0.25, 0.3) is 0 Å². The van der Waals surface area contributed by atoms with E-state index in [1.165, 1.54) is 16.8 Å². The highest BCUT2D eigenvalue weighted by atomic mass is 15.1. The van der Waals surface area contributed by atoms with Gasteiger partial charge in [0.15, 0.2) is 0 Å². The molecule has 2 aromatic rings. The van der Waals surface area contributed by atoms with Crippen molar-refractivity contribution in [1.82, 2.24) is 0 Å². The number of aryl methyl sites for hydroxylation is 1. The fourth-order valence-electron chi connectivity index (χ4n) is 2.22. The van der Waals surface area contributed by atoms with Crippen LogP contribution in [0.15, 0.2) is 54.6 Å². The maximum atomic E-state index is 5.68. The Kier molecular flexibility index (Phi) is 4.99. The number of nitrogens with zero attached hydrogens (tertiary/aromatic N) is 1. The van der Waals surface area contributed by atoms with Crippen LogP contribution >= 0.6 is 0 Å². The van der Waals surface area contributed by atoms with Gasteiger partial charge in [-0.25, -0.2) is 0 Å². The Morgan fingerprint density at radius 1 is 0.947 bits per heavy atom.